The highest BCUT2D eigenvalue weighted by atomic mass is 35.5. The van der Waals surface area contributed by atoms with Gasteiger partial charge in [0, 0.05) is 40.3 Å². The van der Waals surface area contributed by atoms with Gasteiger partial charge in [-0.15, -0.1) is 0 Å². The van der Waals surface area contributed by atoms with Gasteiger partial charge in [-0.3, -0.25) is 20.4 Å². The van der Waals surface area contributed by atoms with E-state index < -0.39 is 5.92 Å². The minimum absolute atomic E-state index is 0.0549. The van der Waals surface area contributed by atoms with E-state index in [1.807, 2.05) is 48.5 Å². The highest BCUT2D eigenvalue weighted by molar-refractivity contribution is 6.35. The minimum Gasteiger partial charge on any atom is -0.489 e. The van der Waals surface area contributed by atoms with Crippen molar-refractivity contribution in [1.82, 2.24) is 5.43 Å². The molecule has 3 aromatic carbocycles. The van der Waals surface area contributed by atoms with E-state index in [1.54, 1.807) is 23.1 Å². The highest BCUT2D eigenvalue weighted by Crippen LogP contribution is 2.26. The molecular weight excluding hydrogens is 473 g/mol. The molecule has 0 aliphatic carbocycles. The largest absolute Gasteiger partial charge is 0.489 e. The van der Waals surface area contributed by atoms with Crippen molar-refractivity contribution in [3.63, 3.8) is 0 Å². The van der Waals surface area contributed by atoms with Crippen LogP contribution < -0.4 is 20.5 Å². The van der Waals surface area contributed by atoms with Crippen molar-refractivity contribution in [3.8, 4) is 5.75 Å². The molecule has 176 valence electrons. The lowest BCUT2D eigenvalue weighted by Crippen LogP contribution is -2.36. The van der Waals surface area contributed by atoms with Gasteiger partial charge in [0.2, 0.25) is 11.8 Å². The Hall–Kier alpha value is -3.22. The summed E-state index contributed by atoms with van der Waals surface area (Å²) in [6, 6.07) is 20.3. The van der Waals surface area contributed by atoms with E-state index >= 15 is 0 Å². The number of nitrogens with zero attached hydrogens (tertiary/aromatic N) is 1. The van der Waals surface area contributed by atoms with E-state index in [2.05, 4.69) is 17.8 Å². The van der Waals surface area contributed by atoms with Gasteiger partial charge < -0.3 is 9.64 Å². The van der Waals surface area contributed by atoms with Crippen LogP contribution in [-0.2, 0) is 22.6 Å². The van der Waals surface area contributed by atoms with E-state index in [9.17, 15) is 9.59 Å². The van der Waals surface area contributed by atoms with E-state index in [1.165, 1.54) is 5.56 Å². The second kappa shape index (κ2) is 10.8. The molecule has 8 heteroatoms. The third kappa shape index (κ3) is 5.82. The molecule has 0 aromatic heterocycles. The van der Waals surface area contributed by atoms with Gasteiger partial charge in [-0.05, 0) is 48.4 Å². The summed E-state index contributed by atoms with van der Waals surface area (Å²) in [7, 11) is 0. The number of hydrogen-bond donors (Lipinski definition) is 2. The van der Waals surface area contributed by atoms with Crippen LogP contribution in [0.2, 0.25) is 10.0 Å². The summed E-state index contributed by atoms with van der Waals surface area (Å²) in [5.74, 6) is -0.110. The molecule has 2 N–H and O–H groups in total. The van der Waals surface area contributed by atoms with Crippen LogP contribution in [0.4, 0.5) is 11.4 Å². The minimum atomic E-state index is -0.433. The quantitative estimate of drug-likeness (QED) is 0.395. The Kier molecular flexibility index (Phi) is 7.60. The fraction of sp³-hybridized carbons (Fsp3) is 0.231. The number of rotatable bonds is 8. The Labute approximate surface area is 208 Å². The zero-order chi connectivity index (χ0) is 24.1. The number of carbonyl (C=O) groups excluding carboxylic acids is 2. The molecule has 0 spiro atoms. The first-order valence-electron chi connectivity index (χ1n) is 11.0. The molecule has 1 aliphatic rings. The highest BCUT2D eigenvalue weighted by Gasteiger charge is 2.35. The van der Waals surface area contributed by atoms with Crippen LogP contribution in [0, 0.1) is 5.92 Å². The summed E-state index contributed by atoms with van der Waals surface area (Å²) in [6.07, 6.45) is 1.11. The van der Waals surface area contributed by atoms with Gasteiger partial charge in [-0.2, -0.15) is 0 Å². The summed E-state index contributed by atoms with van der Waals surface area (Å²) >= 11 is 12.1. The van der Waals surface area contributed by atoms with Gasteiger partial charge >= 0.3 is 0 Å². The van der Waals surface area contributed by atoms with Crippen LogP contribution in [-0.4, -0.2) is 18.4 Å². The Morgan fingerprint density at radius 2 is 1.88 bits per heavy atom. The molecule has 0 saturated carbocycles. The fourth-order valence-corrected chi connectivity index (χ4v) is 4.21. The van der Waals surface area contributed by atoms with Gasteiger partial charge in [0.25, 0.3) is 0 Å². The number of hydrogen-bond acceptors (Lipinski definition) is 4. The SMILES string of the molecule is CCc1ccc(N2C[C@@H](C(=O)NNc3cccc(OCc4ccc(Cl)cc4Cl)c3)CC2=O)cc1. The molecule has 34 heavy (non-hydrogen) atoms. The number of nitrogens with one attached hydrogen (secondary N) is 2. The lowest BCUT2D eigenvalue weighted by Gasteiger charge is -2.17. The maximum Gasteiger partial charge on any atom is 0.243 e. The summed E-state index contributed by atoms with van der Waals surface area (Å²) < 4.78 is 5.82. The maximum atomic E-state index is 12.7. The van der Waals surface area contributed by atoms with E-state index in [0.717, 1.165) is 17.7 Å². The zero-order valence-corrected chi connectivity index (χ0v) is 20.2. The van der Waals surface area contributed by atoms with Crippen LogP contribution in [0.3, 0.4) is 0 Å². The second-order valence-corrected chi connectivity index (χ2v) is 8.94. The topological polar surface area (TPSA) is 70.7 Å². The van der Waals surface area contributed by atoms with Crippen LogP contribution in [0.1, 0.15) is 24.5 Å². The van der Waals surface area contributed by atoms with Gasteiger partial charge in [0.15, 0.2) is 0 Å². The van der Waals surface area contributed by atoms with Crippen LogP contribution in [0.25, 0.3) is 0 Å². The van der Waals surface area contributed by atoms with Gasteiger partial charge in [0.05, 0.1) is 11.6 Å². The Bertz CT molecular complexity index is 1180. The molecule has 0 unspecified atom stereocenters. The van der Waals surface area contributed by atoms with Gasteiger partial charge in [-0.1, -0.05) is 54.4 Å². The summed E-state index contributed by atoms with van der Waals surface area (Å²) in [4.78, 5) is 26.8. The first-order valence-corrected chi connectivity index (χ1v) is 11.8. The second-order valence-electron chi connectivity index (χ2n) is 8.09. The monoisotopic (exact) mass is 497 g/mol. The molecule has 0 radical (unpaired) electrons. The zero-order valence-electron chi connectivity index (χ0n) is 18.7. The summed E-state index contributed by atoms with van der Waals surface area (Å²) in [5.41, 5.74) is 9.11. The lowest BCUT2D eigenvalue weighted by molar-refractivity contribution is -0.125. The number of ether oxygens (including phenoxy) is 1. The normalized spacial score (nSPS) is 15.3. The summed E-state index contributed by atoms with van der Waals surface area (Å²) in [5, 5.41) is 1.10. The number of anilines is 2. The van der Waals surface area contributed by atoms with Crippen molar-refractivity contribution in [3.05, 3.63) is 87.9 Å². The average molecular weight is 498 g/mol. The maximum absolute atomic E-state index is 12.7. The van der Waals surface area contributed by atoms with Crippen LogP contribution in [0.15, 0.2) is 66.7 Å². The molecule has 4 rings (SSSR count). The molecule has 1 aliphatic heterocycles. The third-order valence-corrected chi connectivity index (χ3v) is 6.31. The molecule has 1 heterocycles. The molecule has 1 fully saturated rings. The Morgan fingerprint density at radius 3 is 2.62 bits per heavy atom. The number of amides is 2. The smallest absolute Gasteiger partial charge is 0.243 e. The van der Waals surface area contributed by atoms with Crippen molar-refractivity contribution in [1.29, 1.82) is 0 Å². The number of benzene rings is 3. The number of aryl methyl sites for hydroxylation is 1. The fourth-order valence-electron chi connectivity index (χ4n) is 3.74. The van der Waals surface area contributed by atoms with Crippen molar-refractivity contribution in [2.45, 2.75) is 26.4 Å². The molecule has 6 nitrogen and oxygen atoms in total. The third-order valence-electron chi connectivity index (χ3n) is 5.73. The van der Waals surface area contributed by atoms with Crippen molar-refractivity contribution < 1.29 is 14.3 Å². The number of halogens is 2. The average Bonchev–Trinajstić information content (AvgIpc) is 3.24. The predicted molar refractivity (Wildman–Crippen MR) is 135 cm³/mol. The van der Waals surface area contributed by atoms with Gasteiger partial charge in [-0.25, -0.2) is 0 Å². The van der Waals surface area contributed by atoms with Gasteiger partial charge in [0.1, 0.15) is 12.4 Å². The number of carbonyl (C=O) groups is 2. The van der Waals surface area contributed by atoms with Crippen LogP contribution in [0.5, 0.6) is 5.75 Å². The number of hydrazine groups is 1. The molecular formula is C26H25Cl2N3O3. The molecule has 0 bridgehead atoms. The first kappa shape index (κ1) is 23.9. The van der Waals surface area contributed by atoms with Crippen molar-refractivity contribution in [2.75, 3.05) is 16.9 Å². The lowest BCUT2D eigenvalue weighted by atomic mass is 10.1. The first-order chi connectivity index (χ1) is 16.4. The summed E-state index contributed by atoms with van der Waals surface area (Å²) in [6.45, 7) is 2.72. The molecule has 2 amide bonds. The molecule has 1 saturated heterocycles. The van der Waals surface area contributed by atoms with Crippen molar-refractivity contribution >= 4 is 46.4 Å². The van der Waals surface area contributed by atoms with Crippen LogP contribution >= 0.6 is 23.2 Å². The predicted octanol–water partition coefficient (Wildman–Crippen LogP) is 5.63. The molecule has 1 atom stereocenters. The standard InChI is InChI=1S/C26H25Cl2N3O3/c1-2-17-6-10-22(11-7-17)31-15-19(12-25(31)32)26(33)30-29-21-4-3-5-23(14-21)34-16-18-8-9-20(27)13-24(18)28/h3-11,13-14,19,29H,2,12,15-16H2,1H3,(H,30,33)/t19-/m0/s1. The molecule has 3 aromatic rings. The Morgan fingerprint density at radius 1 is 1.09 bits per heavy atom. The Balaban J connectivity index is 1.31. The van der Waals surface area contributed by atoms with E-state index in [0.29, 0.717) is 28.0 Å². The van der Waals surface area contributed by atoms with E-state index in [4.69, 9.17) is 27.9 Å². The van der Waals surface area contributed by atoms with Crippen molar-refractivity contribution in [2.24, 2.45) is 5.92 Å². The van der Waals surface area contributed by atoms with E-state index in [-0.39, 0.29) is 24.8 Å².